The van der Waals surface area contributed by atoms with Gasteiger partial charge in [0.2, 0.25) is 0 Å². The lowest BCUT2D eigenvalue weighted by atomic mass is 10.1. The first-order valence-electron chi connectivity index (χ1n) is 5.62. The van der Waals surface area contributed by atoms with E-state index in [-0.39, 0.29) is 5.56 Å². The van der Waals surface area contributed by atoms with Crippen LogP contribution in [0.4, 0.5) is 4.39 Å². The number of rotatable bonds is 2. The minimum atomic E-state index is -1.28. The summed E-state index contributed by atoms with van der Waals surface area (Å²) >= 11 is 0. The van der Waals surface area contributed by atoms with E-state index in [0.717, 1.165) is 5.65 Å². The van der Waals surface area contributed by atoms with Gasteiger partial charge in [-0.1, -0.05) is 12.1 Å². The standard InChI is InChI=1S/C14H9FN2O2/c15-11-7-9(4-5-10(11)14(18)19)12-8-17-6-2-1-3-13(17)16-12/h1-8H,(H,18,19). The number of hydrogen-bond donors (Lipinski definition) is 1. The Labute approximate surface area is 107 Å². The summed E-state index contributed by atoms with van der Waals surface area (Å²) in [6.45, 7) is 0. The maximum absolute atomic E-state index is 13.6. The third-order valence-corrected chi connectivity index (χ3v) is 2.86. The molecule has 2 aromatic heterocycles. The Morgan fingerprint density at radius 1 is 1.26 bits per heavy atom. The minimum absolute atomic E-state index is 0.340. The zero-order valence-corrected chi connectivity index (χ0v) is 9.75. The summed E-state index contributed by atoms with van der Waals surface area (Å²) in [6, 6.07) is 9.55. The van der Waals surface area contributed by atoms with Gasteiger partial charge in [0.05, 0.1) is 11.3 Å². The Hall–Kier alpha value is -2.69. The molecule has 3 aromatic rings. The van der Waals surface area contributed by atoms with Gasteiger partial charge in [-0.05, 0) is 24.3 Å². The first-order valence-corrected chi connectivity index (χ1v) is 5.62. The highest BCUT2D eigenvalue weighted by molar-refractivity contribution is 5.88. The van der Waals surface area contributed by atoms with Crippen molar-refractivity contribution in [2.24, 2.45) is 0 Å². The van der Waals surface area contributed by atoms with Crippen molar-refractivity contribution in [3.8, 4) is 11.3 Å². The van der Waals surface area contributed by atoms with Crippen LogP contribution in [0.25, 0.3) is 16.9 Å². The second-order valence-electron chi connectivity index (χ2n) is 4.09. The van der Waals surface area contributed by atoms with Gasteiger partial charge in [0.25, 0.3) is 0 Å². The highest BCUT2D eigenvalue weighted by Crippen LogP contribution is 2.21. The van der Waals surface area contributed by atoms with E-state index in [1.165, 1.54) is 12.1 Å². The van der Waals surface area contributed by atoms with E-state index in [9.17, 15) is 9.18 Å². The fourth-order valence-corrected chi connectivity index (χ4v) is 1.92. The fraction of sp³-hybridized carbons (Fsp3) is 0. The molecule has 0 saturated heterocycles. The molecule has 0 unspecified atom stereocenters. The van der Waals surface area contributed by atoms with Gasteiger partial charge in [-0.15, -0.1) is 0 Å². The van der Waals surface area contributed by atoms with Gasteiger partial charge in [-0.25, -0.2) is 14.2 Å². The molecule has 0 atom stereocenters. The zero-order valence-electron chi connectivity index (χ0n) is 9.75. The van der Waals surface area contributed by atoms with Crippen molar-refractivity contribution >= 4 is 11.6 Å². The highest BCUT2D eigenvalue weighted by atomic mass is 19.1. The topological polar surface area (TPSA) is 54.6 Å². The largest absolute Gasteiger partial charge is 0.478 e. The molecule has 5 heteroatoms. The predicted octanol–water partition coefficient (Wildman–Crippen LogP) is 2.84. The summed E-state index contributed by atoms with van der Waals surface area (Å²) in [5, 5.41) is 8.78. The van der Waals surface area contributed by atoms with E-state index >= 15 is 0 Å². The van der Waals surface area contributed by atoms with Crippen LogP contribution in [0.1, 0.15) is 10.4 Å². The van der Waals surface area contributed by atoms with Crippen LogP contribution in [0.5, 0.6) is 0 Å². The van der Waals surface area contributed by atoms with Crippen molar-refractivity contribution in [3.05, 3.63) is 60.2 Å². The Kier molecular flexibility index (Phi) is 2.52. The van der Waals surface area contributed by atoms with Gasteiger partial charge in [0.1, 0.15) is 11.5 Å². The monoisotopic (exact) mass is 256 g/mol. The third kappa shape index (κ3) is 1.95. The van der Waals surface area contributed by atoms with E-state index < -0.39 is 11.8 Å². The smallest absolute Gasteiger partial charge is 0.338 e. The number of halogens is 1. The van der Waals surface area contributed by atoms with Crippen LogP contribution in [0.15, 0.2) is 48.8 Å². The van der Waals surface area contributed by atoms with Crippen LogP contribution in [-0.2, 0) is 0 Å². The van der Waals surface area contributed by atoms with Crippen LogP contribution >= 0.6 is 0 Å². The van der Waals surface area contributed by atoms with E-state index in [1.807, 2.05) is 28.8 Å². The number of carboxylic acids is 1. The molecule has 1 aromatic carbocycles. The fourth-order valence-electron chi connectivity index (χ4n) is 1.92. The molecule has 0 bridgehead atoms. The second kappa shape index (κ2) is 4.20. The Bertz CT molecular complexity index is 747. The number of carbonyl (C=O) groups is 1. The molecule has 1 N–H and O–H groups in total. The molecular formula is C14H9FN2O2. The average molecular weight is 256 g/mol. The van der Waals surface area contributed by atoms with E-state index in [2.05, 4.69) is 4.98 Å². The van der Waals surface area contributed by atoms with E-state index in [1.54, 1.807) is 12.3 Å². The SMILES string of the molecule is O=C(O)c1ccc(-c2cn3ccccc3n2)cc1F. The molecule has 0 saturated carbocycles. The summed E-state index contributed by atoms with van der Waals surface area (Å²) in [6.07, 6.45) is 3.61. The van der Waals surface area contributed by atoms with Gasteiger partial charge in [-0.2, -0.15) is 0 Å². The van der Waals surface area contributed by atoms with Crippen molar-refractivity contribution in [1.82, 2.24) is 9.38 Å². The number of imidazole rings is 1. The molecule has 19 heavy (non-hydrogen) atoms. The van der Waals surface area contributed by atoms with E-state index in [0.29, 0.717) is 11.3 Å². The van der Waals surface area contributed by atoms with Gasteiger partial charge in [0.15, 0.2) is 0 Å². The molecule has 0 fully saturated rings. The maximum atomic E-state index is 13.6. The van der Waals surface area contributed by atoms with Crippen molar-refractivity contribution < 1.29 is 14.3 Å². The average Bonchev–Trinajstić information content (AvgIpc) is 2.81. The van der Waals surface area contributed by atoms with Gasteiger partial charge in [0, 0.05) is 18.0 Å². The van der Waals surface area contributed by atoms with Crippen LogP contribution < -0.4 is 0 Å². The number of aromatic nitrogens is 2. The zero-order chi connectivity index (χ0) is 13.4. The molecule has 0 spiro atoms. The Balaban J connectivity index is 2.11. The first kappa shape index (κ1) is 11.4. The summed E-state index contributed by atoms with van der Waals surface area (Å²) in [4.78, 5) is 15.1. The van der Waals surface area contributed by atoms with Gasteiger partial charge >= 0.3 is 5.97 Å². The number of fused-ring (bicyclic) bond motifs is 1. The molecule has 0 amide bonds. The van der Waals surface area contributed by atoms with E-state index in [4.69, 9.17) is 5.11 Å². The van der Waals surface area contributed by atoms with Crippen molar-refractivity contribution in [3.63, 3.8) is 0 Å². The Morgan fingerprint density at radius 3 is 2.79 bits per heavy atom. The Morgan fingerprint density at radius 2 is 2.11 bits per heavy atom. The molecule has 0 aliphatic heterocycles. The van der Waals surface area contributed by atoms with Crippen molar-refractivity contribution in [1.29, 1.82) is 0 Å². The number of benzene rings is 1. The molecule has 0 aliphatic carbocycles. The van der Waals surface area contributed by atoms with Crippen molar-refractivity contribution in [2.45, 2.75) is 0 Å². The van der Waals surface area contributed by atoms with Crippen LogP contribution in [0.2, 0.25) is 0 Å². The second-order valence-corrected chi connectivity index (χ2v) is 4.09. The molecule has 2 heterocycles. The summed E-state index contributed by atoms with van der Waals surface area (Å²) in [7, 11) is 0. The first-order chi connectivity index (χ1) is 9.15. The van der Waals surface area contributed by atoms with Crippen molar-refractivity contribution in [2.75, 3.05) is 0 Å². The van der Waals surface area contributed by atoms with Gasteiger partial charge < -0.3 is 9.51 Å². The van der Waals surface area contributed by atoms with Gasteiger partial charge in [-0.3, -0.25) is 0 Å². The molecule has 3 rings (SSSR count). The number of pyridine rings is 1. The number of carboxylic acid groups (broad SMARTS) is 1. The number of aromatic carboxylic acids is 1. The minimum Gasteiger partial charge on any atom is -0.478 e. The normalized spacial score (nSPS) is 10.8. The molecule has 94 valence electrons. The predicted molar refractivity (Wildman–Crippen MR) is 67.5 cm³/mol. The number of hydrogen-bond acceptors (Lipinski definition) is 2. The van der Waals surface area contributed by atoms with Crippen LogP contribution in [0.3, 0.4) is 0 Å². The summed E-state index contributed by atoms with van der Waals surface area (Å²) in [5.41, 5.74) is 1.56. The number of nitrogens with zero attached hydrogens (tertiary/aromatic N) is 2. The summed E-state index contributed by atoms with van der Waals surface area (Å²) in [5.74, 6) is -2.04. The van der Waals surface area contributed by atoms with Crippen LogP contribution in [-0.4, -0.2) is 20.5 Å². The lowest BCUT2D eigenvalue weighted by Gasteiger charge is -2.00. The summed E-state index contributed by atoms with van der Waals surface area (Å²) < 4.78 is 15.4. The molecule has 4 nitrogen and oxygen atoms in total. The molecule has 0 radical (unpaired) electrons. The third-order valence-electron chi connectivity index (χ3n) is 2.86. The van der Waals surface area contributed by atoms with Crippen LogP contribution in [0, 0.1) is 5.82 Å². The lowest BCUT2D eigenvalue weighted by molar-refractivity contribution is 0.0692. The highest BCUT2D eigenvalue weighted by Gasteiger charge is 2.12. The quantitative estimate of drug-likeness (QED) is 0.767. The lowest BCUT2D eigenvalue weighted by Crippen LogP contribution is -2.00. The molecular weight excluding hydrogens is 247 g/mol. The molecule has 0 aliphatic rings. The maximum Gasteiger partial charge on any atom is 0.338 e.